The maximum Gasteiger partial charge on any atom is 0.330 e. The standard InChI is InChI=1S/C16H22FN3O7/c1-7(2)13(18-8(3)21)15(24)26-6-11-10(22)4-12(27-11)20-5-9(17)14(23)19-16(20)25/h5,7,10-13,22H,4,6H2,1-3H3,(H,18,21)(H,19,23,25)/t10-,11+,12+,13-/m0/s1. The van der Waals surface area contributed by atoms with Gasteiger partial charge in [-0.1, -0.05) is 13.8 Å². The predicted molar refractivity (Wildman–Crippen MR) is 89.2 cm³/mol. The first kappa shape index (κ1) is 20.8. The number of esters is 1. The molecule has 1 fully saturated rings. The predicted octanol–water partition coefficient (Wildman–Crippen LogP) is -0.972. The van der Waals surface area contributed by atoms with Crippen molar-refractivity contribution in [2.45, 2.75) is 51.7 Å². The summed E-state index contributed by atoms with van der Waals surface area (Å²) in [5, 5.41) is 12.6. The third kappa shape index (κ3) is 5.01. The van der Waals surface area contributed by atoms with E-state index in [1.54, 1.807) is 18.8 Å². The summed E-state index contributed by atoms with van der Waals surface area (Å²) >= 11 is 0. The van der Waals surface area contributed by atoms with E-state index in [0.29, 0.717) is 6.20 Å². The molecule has 1 aliphatic heterocycles. The summed E-state index contributed by atoms with van der Waals surface area (Å²) in [7, 11) is 0. The van der Waals surface area contributed by atoms with Crippen LogP contribution in [-0.2, 0) is 19.1 Å². The number of hydrogen-bond acceptors (Lipinski definition) is 7. The highest BCUT2D eigenvalue weighted by Gasteiger charge is 2.37. The molecule has 0 radical (unpaired) electrons. The molecule has 1 aromatic rings. The van der Waals surface area contributed by atoms with Crippen LogP contribution in [-0.4, -0.2) is 51.4 Å². The van der Waals surface area contributed by atoms with Gasteiger partial charge < -0.3 is 19.9 Å². The zero-order chi connectivity index (χ0) is 20.3. The Morgan fingerprint density at radius 3 is 2.74 bits per heavy atom. The number of H-pyrrole nitrogens is 1. The van der Waals surface area contributed by atoms with Crippen molar-refractivity contribution in [3.05, 3.63) is 32.9 Å². The zero-order valence-electron chi connectivity index (χ0n) is 15.1. The van der Waals surface area contributed by atoms with E-state index in [9.17, 15) is 28.7 Å². The minimum Gasteiger partial charge on any atom is -0.461 e. The molecule has 2 heterocycles. The fraction of sp³-hybridized carbons (Fsp3) is 0.625. The number of aliphatic hydroxyl groups is 1. The van der Waals surface area contributed by atoms with E-state index in [1.807, 2.05) is 0 Å². The van der Waals surface area contributed by atoms with Crippen LogP contribution < -0.4 is 16.6 Å². The Balaban J connectivity index is 2.02. The second-order valence-electron chi connectivity index (χ2n) is 6.63. The lowest BCUT2D eigenvalue weighted by atomic mass is 10.0. The number of halogens is 1. The molecule has 4 atom stereocenters. The van der Waals surface area contributed by atoms with Crippen molar-refractivity contribution in [1.29, 1.82) is 0 Å². The number of ether oxygens (including phenoxy) is 2. The molecular weight excluding hydrogens is 365 g/mol. The van der Waals surface area contributed by atoms with Crippen molar-refractivity contribution >= 4 is 11.9 Å². The Morgan fingerprint density at radius 2 is 2.15 bits per heavy atom. The van der Waals surface area contributed by atoms with Gasteiger partial charge in [-0.2, -0.15) is 4.39 Å². The van der Waals surface area contributed by atoms with Gasteiger partial charge in [0.1, 0.15) is 25.0 Å². The maximum absolute atomic E-state index is 13.4. The molecule has 0 aliphatic carbocycles. The van der Waals surface area contributed by atoms with E-state index in [0.717, 1.165) is 4.57 Å². The summed E-state index contributed by atoms with van der Waals surface area (Å²) < 4.78 is 24.8. The number of carbonyl (C=O) groups is 2. The molecule has 10 nitrogen and oxygen atoms in total. The van der Waals surface area contributed by atoms with Crippen molar-refractivity contribution in [1.82, 2.24) is 14.9 Å². The van der Waals surface area contributed by atoms with Gasteiger partial charge >= 0.3 is 11.7 Å². The molecule has 2 rings (SSSR count). The summed E-state index contributed by atoms with van der Waals surface area (Å²) in [6.45, 7) is 4.42. The largest absolute Gasteiger partial charge is 0.461 e. The topological polar surface area (TPSA) is 140 Å². The van der Waals surface area contributed by atoms with Crippen LogP contribution in [0.5, 0.6) is 0 Å². The smallest absolute Gasteiger partial charge is 0.330 e. The third-order valence-corrected chi connectivity index (χ3v) is 4.11. The Labute approximate surface area is 153 Å². The number of aromatic nitrogens is 2. The highest BCUT2D eigenvalue weighted by Crippen LogP contribution is 2.27. The molecule has 1 amide bonds. The van der Waals surface area contributed by atoms with Gasteiger partial charge in [-0.05, 0) is 5.92 Å². The second kappa shape index (κ2) is 8.44. The normalized spacial score (nSPS) is 23.3. The van der Waals surface area contributed by atoms with Crippen LogP contribution in [0.15, 0.2) is 15.8 Å². The first-order valence-corrected chi connectivity index (χ1v) is 8.38. The number of carbonyl (C=O) groups excluding carboxylic acids is 2. The molecular formula is C16H22FN3O7. The lowest BCUT2D eigenvalue weighted by Gasteiger charge is -2.22. The van der Waals surface area contributed by atoms with Gasteiger partial charge in [0.25, 0.3) is 5.56 Å². The van der Waals surface area contributed by atoms with Crippen molar-refractivity contribution in [2.75, 3.05) is 6.61 Å². The maximum atomic E-state index is 13.4. The Bertz CT molecular complexity index is 819. The van der Waals surface area contributed by atoms with Crippen LogP contribution in [0.25, 0.3) is 0 Å². The van der Waals surface area contributed by atoms with Gasteiger partial charge in [-0.15, -0.1) is 0 Å². The van der Waals surface area contributed by atoms with Crippen molar-refractivity contribution < 1.29 is 28.6 Å². The molecule has 3 N–H and O–H groups in total. The van der Waals surface area contributed by atoms with E-state index < -0.39 is 47.5 Å². The van der Waals surface area contributed by atoms with Gasteiger partial charge in [-0.25, -0.2) is 9.59 Å². The molecule has 0 saturated carbocycles. The van der Waals surface area contributed by atoms with Crippen LogP contribution in [0.2, 0.25) is 0 Å². The number of amides is 1. The molecule has 1 aliphatic rings. The Morgan fingerprint density at radius 1 is 1.48 bits per heavy atom. The van der Waals surface area contributed by atoms with Crippen LogP contribution in [0.3, 0.4) is 0 Å². The molecule has 27 heavy (non-hydrogen) atoms. The zero-order valence-corrected chi connectivity index (χ0v) is 15.1. The van der Waals surface area contributed by atoms with E-state index in [1.165, 1.54) is 6.92 Å². The fourth-order valence-electron chi connectivity index (χ4n) is 2.68. The summed E-state index contributed by atoms with van der Waals surface area (Å²) in [6.07, 6.45) is -2.43. The monoisotopic (exact) mass is 387 g/mol. The number of aliphatic hydroxyl groups excluding tert-OH is 1. The lowest BCUT2D eigenvalue weighted by molar-refractivity contribution is -0.155. The first-order valence-electron chi connectivity index (χ1n) is 8.38. The van der Waals surface area contributed by atoms with Gasteiger partial charge in [0, 0.05) is 13.3 Å². The van der Waals surface area contributed by atoms with Gasteiger partial charge in [0.05, 0.1) is 12.3 Å². The molecule has 0 unspecified atom stereocenters. The van der Waals surface area contributed by atoms with Crippen LogP contribution in [0, 0.1) is 11.7 Å². The highest BCUT2D eigenvalue weighted by molar-refractivity contribution is 5.83. The highest BCUT2D eigenvalue weighted by atomic mass is 19.1. The Hall–Kier alpha value is -2.53. The number of aromatic amines is 1. The molecule has 150 valence electrons. The van der Waals surface area contributed by atoms with Crippen molar-refractivity contribution in [2.24, 2.45) is 5.92 Å². The number of hydrogen-bond donors (Lipinski definition) is 3. The minimum atomic E-state index is -1.17. The van der Waals surface area contributed by atoms with E-state index in [-0.39, 0.29) is 24.9 Å². The number of nitrogens with zero attached hydrogens (tertiary/aromatic N) is 1. The van der Waals surface area contributed by atoms with Crippen LogP contribution in [0.1, 0.15) is 33.4 Å². The molecule has 1 aromatic heterocycles. The Kier molecular flexibility index (Phi) is 6.50. The first-order chi connectivity index (χ1) is 12.6. The van der Waals surface area contributed by atoms with Crippen LogP contribution in [0.4, 0.5) is 4.39 Å². The third-order valence-electron chi connectivity index (χ3n) is 4.11. The van der Waals surface area contributed by atoms with E-state index in [4.69, 9.17) is 9.47 Å². The van der Waals surface area contributed by atoms with Gasteiger partial charge in [-0.3, -0.25) is 19.1 Å². The molecule has 11 heteroatoms. The summed E-state index contributed by atoms with van der Waals surface area (Å²) in [5.41, 5.74) is -2.04. The van der Waals surface area contributed by atoms with Gasteiger partial charge in [0.15, 0.2) is 0 Å². The van der Waals surface area contributed by atoms with Crippen molar-refractivity contribution in [3.63, 3.8) is 0 Å². The molecule has 0 aromatic carbocycles. The summed E-state index contributed by atoms with van der Waals surface area (Å²) in [4.78, 5) is 48.0. The minimum absolute atomic E-state index is 0.0626. The van der Waals surface area contributed by atoms with E-state index >= 15 is 0 Å². The average Bonchev–Trinajstić information content (AvgIpc) is 2.94. The van der Waals surface area contributed by atoms with E-state index in [2.05, 4.69) is 5.32 Å². The van der Waals surface area contributed by atoms with Crippen molar-refractivity contribution in [3.8, 4) is 0 Å². The fourth-order valence-corrected chi connectivity index (χ4v) is 2.68. The lowest BCUT2D eigenvalue weighted by Crippen LogP contribution is -2.45. The molecule has 0 spiro atoms. The summed E-state index contributed by atoms with van der Waals surface area (Å²) in [5.74, 6) is -2.46. The average molecular weight is 387 g/mol. The number of rotatable bonds is 6. The number of nitrogens with one attached hydrogen (secondary N) is 2. The molecule has 0 bridgehead atoms. The second-order valence-corrected chi connectivity index (χ2v) is 6.63. The summed E-state index contributed by atoms with van der Waals surface area (Å²) in [6, 6.07) is -0.854. The van der Waals surface area contributed by atoms with Crippen LogP contribution >= 0.6 is 0 Å². The quantitative estimate of drug-likeness (QED) is 0.534. The molecule has 1 saturated heterocycles. The van der Waals surface area contributed by atoms with Gasteiger partial charge in [0.2, 0.25) is 11.7 Å². The SMILES string of the molecule is CC(=O)N[C@H](C(=O)OC[C@H]1O[C@@H](n2cc(F)c(=O)[nH]c2=O)C[C@@H]1O)C(C)C.